The Bertz CT molecular complexity index is 780. The summed E-state index contributed by atoms with van der Waals surface area (Å²) in [6.45, 7) is 3.12. The molecule has 1 aromatic heterocycles. The van der Waals surface area contributed by atoms with E-state index in [1.54, 1.807) is 24.7 Å². The van der Waals surface area contributed by atoms with Gasteiger partial charge in [0, 0.05) is 54.6 Å². The topological polar surface area (TPSA) is 70.2 Å². The zero-order chi connectivity index (χ0) is 18.1. The van der Waals surface area contributed by atoms with Crippen molar-refractivity contribution >= 4 is 17.5 Å². The Kier molecular flexibility index (Phi) is 4.69. The van der Waals surface area contributed by atoms with Crippen molar-refractivity contribution in [2.45, 2.75) is 13.1 Å². The molecule has 8 heteroatoms. The van der Waals surface area contributed by atoms with E-state index >= 15 is 0 Å². The minimum absolute atomic E-state index is 0.0688. The Labute approximate surface area is 155 Å². The van der Waals surface area contributed by atoms with E-state index in [4.69, 9.17) is 16.3 Å². The van der Waals surface area contributed by atoms with Crippen molar-refractivity contribution in [1.29, 1.82) is 0 Å². The molecule has 2 saturated heterocycles. The first-order valence-electron chi connectivity index (χ1n) is 8.57. The van der Waals surface area contributed by atoms with Gasteiger partial charge in [-0.25, -0.2) is 9.37 Å². The van der Waals surface area contributed by atoms with Crippen LogP contribution in [-0.2, 0) is 22.6 Å². The van der Waals surface area contributed by atoms with Crippen molar-refractivity contribution in [1.82, 2.24) is 20.2 Å². The van der Waals surface area contributed by atoms with Gasteiger partial charge in [-0.1, -0.05) is 17.7 Å². The molecule has 1 amide bonds. The first kappa shape index (κ1) is 17.5. The van der Waals surface area contributed by atoms with Gasteiger partial charge in [0.2, 0.25) is 5.91 Å². The van der Waals surface area contributed by atoms with Crippen molar-refractivity contribution in [2.75, 3.05) is 26.3 Å². The van der Waals surface area contributed by atoms with Crippen molar-refractivity contribution in [3.05, 3.63) is 52.8 Å². The highest BCUT2D eigenvalue weighted by Gasteiger charge is 2.55. The number of nitrogens with one attached hydrogen (secondary N) is 2. The number of H-pyrrole nitrogens is 1. The van der Waals surface area contributed by atoms with Gasteiger partial charge in [-0.15, -0.1) is 0 Å². The molecule has 0 spiro atoms. The molecule has 4 rings (SSSR count). The third kappa shape index (κ3) is 3.11. The summed E-state index contributed by atoms with van der Waals surface area (Å²) in [4.78, 5) is 22.3. The molecule has 2 atom stereocenters. The van der Waals surface area contributed by atoms with Crippen molar-refractivity contribution < 1.29 is 13.9 Å². The Morgan fingerprint density at radius 2 is 2.42 bits per heavy atom. The summed E-state index contributed by atoms with van der Waals surface area (Å²) in [5.74, 6) is -0.394. The maximum Gasteiger partial charge on any atom is 0.230 e. The molecule has 2 aliphatic rings. The molecule has 2 aliphatic heterocycles. The number of benzene rings is 1. The number of nitrogens with zero attached hydrogens (tertiary/aromatic N) is 2. The lowest BCUT2D eigenvalue weighted by molar-refractivity contribution is -0.131. The number of imidazole rings is 1. The molecule has 3 heterocycles. The van der Waals surface area contributed by atoms with E-state index in [2.05, 4.69) is 20.2 Å². The fraction of sp³-hybridized carbons (Fsp3) is 0.444. The number of aromatic nitrogens is 2. The average Bonchev–Trinajstić information content (AvgIpc) is 3.30. The molecule has 0 unspecified atom stereocenters. The van der Waals surface area contributed by atoms with Gasteiger partial charge in [0.25, 0.3) is 0 Å². The molecule has 0 radical (unpaired) electrons. The molecule has 26 heavy (non-hydrogen) atoms. The maximum absolute atomic E-state index is 13.9. The summed E-state index contributed by atoms with van der Waals surface area (Å²) in [5.41, 5.74) is 0.721. The second kappa shape index (κ2) is 6.98. The second-order valence-electron chi connectivity index (χ2n) is 7.00. The lowest BCUT2D eigenvalue weighted by atomic mass is 9.80. The number of fused-ring (bicyclic) bond motifs is 1. The molecule has 2 fully saturated rings. The number of carbonyl (C=O) groups excluding carboxylic acids is 1. The second-order valence-corrected chi connectivity index (χ2v) is 7.40. The van der Waals surface area contributed by atoms with E-state index in [1.807, 2.05) is 0 Å². The van der Waals surface area contributed by atoms with Gasteiger partial charge in [-0.2, -0.15) is 0 Å². The molecule has 138 valence electrons. The molecular formula is C18H20ClFN4O2. The Morgan fingerprint density at radius 1 is 1.54 bits per heavy atom. The molecule has 2 aromatic rings. The highest BCUT2D eigenvalue weighted by molar-refractivity contribution is 6.31. The zero-order valence-electron chi connectivity index (χ0n) is 14.2. The highest BCUT2D eigenvalue weighted by atomic mass is 35.5. The van der Waals surface area contributed by atoms with Gasteiger partial charge >= 0.3 is 0 Å². The number of aromatic amines is 1. The van der Waals surface area contributed by atoms with Crippen LogP contribution in [0.5, 0.6) is 0 Å². The van der Waals surface area contributed by atoms with E-state index in [9.17, 15) is 9.18 Å². The highest BCUT2D eigenvalue weighted by Crippen LogP contribution is 2.42. The number of carbonyl (C=O) groups is 1. The number of hydrogen-bond donors (Lipinski definition) is 2. The summed E-state index contributed by atoms with van der Waals surface area (Å²) in [6, 6.07) is 4.51. The van der Waals surface area contributed by atoms with Gasteiger partial charge in [-0.3, -0.25) is 9.69 Å². The molecule has 1 aromatic carbocycles. The number of rotatable bonds is 5. The van der Waals surface area contributed by atoms with Crippen molar-refractivity contribution in [2.24, 2.45) is 11.3 Å². The third-order valence-corrected chi connectivity index (χ3v) is 5.69. The van der Waals surface area contributed by atoms with E-state index < -0.39 is 11.2 Å². The monoisotopic (exact) mass is 378 g/mol. The standard InChI is InChI=1S/C18H20ClFN4O2/c19-15-2-1-3-16(20)14(15)5-22-17(25)18-9-24(6-12(18)8-26-10-18)7-13-4-21-11-23-13/h1-4,11-12H,5-10H2,(H,21,23)(H,22,25)/t12-,18-/m1/s1. The number of likely N-dealkylation sites (tertiary alicyclic amines) is 1. The maximum atomic E-state index is 13.9. The van der Waals surface area contributed by atoms with Crippen LogP contribution in [0.25, 0.3) is 0 Å². The summed E-state index contributed by atoms with van der Waals surface area (Å²) < 4.78 is 19.6. The summed E-state index contributed by atoms with van der Waals surface area (Å²) in [6.07, 6.45) is 3.44. The zero-order valence-corrected chi connectivity index (χ0v) is 14.9. The van der Waals surface area contributed by atoms with Crippen molar-refractivity contribution in [3.8, 4) is 0 Å². The summed E-state index contributed by atoms with van der Waals surface area (Å²) in [5, 5.41) is 3.19. The number of hydrogen-bond acceptors (Lipinski definition) is 4. The fourth-order valence-corrected chi connectivity index (χ4v) is 4.17. The first-order valence-corrected chi connectivity index (χ1v) is 8.95. The van der Waals surface area contributed by atoms with E-state index in [0.29, 0.717) is 36.9 Å². The van der Waals surface area contributed by atoms with Gasteiger partial charge in [0.05, 0.1) is 25.0 Å². The minimum atomic E-state index is -0.599. The number of halogens is 2. The SMILES string of the molecule is O=C(NCc1c(F)cccc1Cl)[C@]12COC[C@H]1CN(Cc1cnc[nH]1)C2. The van der Waals surface area contributed by atoms with Crippen LogP contribution in [0.2, 0.25) is 5.02 Å². The summed E-state index contributed by atoms with van der Waals surface area (Å²) >= 11 is 6.05. The molecule has 0 aliphatic carbocycles. The Balaban J connectivity index is 1.45. The normalized spacial score (nSPS) is 25.4. The van der Waals surface area contributed by atoms with Gasteiger partial charge in [0.15, 0.2) is 0 Å². The molecule has 0 bridgehead atoms. The van der Waals surface area contributed by atoms with Crippen LogP contribution in [0.15, 0.2) is 30.7 Å². The molecule has 2 N–H and O–H groups in total. The van der Waals surface area contributed by atoms with Crippen molar-refractivity contribution in [3.63, 3.8) is 0 Å². The van der Waals surface area contributed by atoms with E-state index in [0.717, 1.165) is 12.2 Å². The minimum Gasteiger partial charge on any atom is -0.380 e. The average molecular weight is 379 g/mol. The van der Waals surface area contributed by atoms with Crippen LogP contribution in [0.4, 0.5) is 4.39 Å². The Morgan fingerprint density at radius 3 is 3.19 bits per heavy atom. The predicted molar refractivity (Wildman–Crippen MR) is 93.9 cm³/mol. The van der Waals surface area contributed by atoms with Crippen LogP contribution in [-0.4, -0.2) is 47.1 Å². The Hall–Kier alpha value is -1.96. The van der Waals surface area contributed by atoms with Crippen LogP contribution in [0, 0.1) is 17.2 Å². The molecule has 0 saturated carbocycles. The first-order chi connectivity index (χ1) is 12.6. The van der Waals surface area contributed by atoms with E-state index in [-0.39, 0.29) is 18.4 Å². The smallest absolute Gasteiger partial charge is 0.230 e. The largest absolute Gasteiger partial charge is 0.380 e. The fourth-order valence-electron chi connectivity index (χ4n) is 3.94. The van der Waals surface area contributed by atoms with Crippen LogP contribution in [0.1, 0.15) is 11.3 Å². The van der Waals surface area contributed by atoms with Crippen LogP contribution < -0.4 is 5.32 Å². The number of amides is 1. The van der Waals surface area contributed by atoms with Crippen LogP contribution in [0.3, 0.4) is 0 Å². The predicted octanol–water partition coefficient (Wildman–Crippen LogP) is 1.97. The van der Waals surface area contributed by atoms with Crippen LogP contribution >= 0.6 is 11.6 Å². The molecule has 6 nitrogen and oxygen atoms in total. The van der Waals surface area contributed by atoms with Gasteiger partial charge < -0.3 is 15.0 Å². The van der Waals surface area contributed by atoms with Gasteiger partial charge in [0.1, 0.15) is 5.82 Å². The lowest BCUT2D eigenvalue weighted by Gasteiger charge is -2.26. The summed E-state index contributed by atoms with van der Waals surface area (Å²) in [7, 11) is 0. The van der Waals surface area contributed by atoms with Gasteiger partial charge in [-0.05, 0) is 12.1 Å². The third-order valence-electron chi connectivity index (χ3n) is 5.33. The molecular weight excluding hydrogens is 359 g/mol. The lowest BCUT2D eigenvalue weighted by Crippen LogP contribution is -2.46. The van der Waals surface area contributed by atoms with E-state index in [1.165, 1.54) is 6.07 Å². The number of ether oxygens (including phenoxy) is 1. The quantitative estimate of drug-likeness (QED) is 0.834.